The molecule has 1 saturated heterocycles. The summed E-state index contributed by atoms with van der Waals surface area (Å²) in [6, 6.07) is 5.33. The van der Waals surface area contributed by atoms with Gasteiger partial charge in [-0.15, -0.1) is 0 Å². The standard InChI is InChI=1S/C22H30N2O4/c1-27-19-9-8-17(15-20(19)28-2)22(26)24-13-11-18(12-14-24)23-21(25)10-7-16-5-3-4-6-16/h7-10,15-16,18H,3-6,11-14H2,1-2H3,(H,23,25)/b10-7+. The number of nitrogens with zero attached hydrogens (tertiary/aromatic N) is 1. The van der Waals surface area contributed by atoms with E-state index in [1.54, 1.807) is 38.5 Å². The Bertz CT molecular complexity index is 717. The zero-order valence-electron chi connectivity index (χ0n) is 16.8. The number of ether oxygens (including phenoxy) is 2. The fraction of sp³-hybridized carbons (Fsp3) is 0.545. The third-order valence-electron chi connectivity index (χ3n) is 5.68. The van der Waals surface area contributed by atoms with Crippen molar-refractivity contribution in [3.8, 4) is 11.5 Å². The highest BCUT2D eigenvalue weighted by atomic mass is 16.5. The van der Waals surface area contributed by atoms with Crippen molar-refractivity contribution in [2.24, 2.45) is 5.92 Å². The number of benzene rings is 1. The number of allylic oxidation sites excluding steroid dienone is 1. The minimum atomic E-state index is -0.0214. The minimum absolute atomic E-state index is 0.0171. The number of methoxy groups -OCH3 is 2. The second-order valence-corrected chi connectivity index (χ2v) is 7.55. The van der Waals surface area contributed by atoms with Gasteiger partial charge in [0, 0.05) is 24.7 Å². The van der Waals surface area contributed by atoms with Crippen molar-refractivity contribution in [3.05, 3.63) is 35.9 Å². The van der Waals surface area contributed by atoms with Crippen LogP contribution in [0.5, 0.6) is 11.5 Å². The summed E-state index contributed by atoms with van der Waals surface area (Å²) in [5, 5.41) is 3.08. The summed E-state index contributed by atoms with van der Waals surface area (Å²) in [6.07, 6.45) is 10.2. The molecule has 2 fully saturated rings. The highest BCUT2D eigenvalue weighted by Crippen LogP contribution is 2.28. The number of rotatable bonds is 6. The van der Waals surface area contributed by atoms with Crippen molar-refractivity contribution in [2.75, 3.05) is 27.3 Å². The van der Waals surface area contributed by atoms with Crippen molar-refractivity contribution < 1.29 is 19.1 Å². The van der Waals surface area contributed by atoms with Crippen molar-refractivity contribution in [2.45, 2.75) is 44.6 Å². The number of nitrogens with one attached hydrogen (secondary N) is 1. The van der Waals surface area contributed by atoms with Gasteiger partial charge in [-0.3, -0.25) is 9.59 Å². The van der Waals surface area contributed by atoms with Gasteiger partial charge >= 0.3 is 0 Å². The van der Waals surface area contributed by atoms with E-state index in [0.29, 0.717) is 36.1 Å². The second kappa shape index (κ2) is 9.62. The Kier molecular flexibility index (Phi) is 6.95. The number of amides is 2. The fourth-order valence-electron chi connectivity index (χ4n) is 4.00. The summed E-state index contributed by atoms with van der Waals surface area (Å²) < 4.78 is 10.5. The topological polar surface area (TPSA) is 67.9 Å². The SMILES string of the molecule is COc1ccc(C(=O)N2CCC(NC(=O)/C=C/C3CCCC3)CC2)cc1OC. The lowest BCUT2D eigenvalue weighted by molar-refractivity contribution is -0.117. The largest absolute Gasteiger partial charge is 0.493 e. The summed E-state index contributed by atoms with van der Waals surface area (Å²) in [5.74, 6) is 1.67. The molecule has 0 atom stereocenters. The predicted molar refractivity (Wildman–Crippen MR) is 108 cm³/mol. The normalized spacial score (nSPS) is 18.4. The van der Waals surface area contributed by atoms with Gasteiger partial charge in [-0.05, 0) is 55.9 Å². The first-order valence-electron chi connectivity index (χ1n) is 10.1. The van der Waals surface area contributed by atoms with Gasteiger partial charge < -0.3 is 19.7 Å². The summed E-state index contributed by atoms with van der Waals surface area (Å²) in [6.45, 7) is 1.26. The molecular weight excluding hydrogens is 356 g/mol. The molecule has 1 heterocycles. The molecule has 1 aromatic carbocycles. The molecule has 2 aliphatic rings. The zero-order chi connectivity index (χ0) is 19.9. The Morgan fingerprint density at radius 1 is 1.04 bits per heavy atom. The van der Waals surface area contributed by atoms with Crippen LogP contribution in [0.1, 0.15) is 48.9 Å². The van der Waals surface area contributed by atoms with E-state index in [1.165, 1.54) is 25.7 Å². The Morgan fingerprint density at radius 3 is 2.36 bits per heavy atom. The van der Waals surface area contributed by atoms with E-state index < -0.39 is 0 Å². The van der Waals surface area contributed by atoms with Crippen LogP contribution in [0, 0.1) is 5.92 Å². The number of likely N-dealkylation sites (tertiary alicyclic amines) is 1. The lowest BCUT2D eigenvalue weighted by Gasteiger charge is -2.32. The zero-order valence-corrected chi connectivity index (χ0v) is 16.8. The Balaban J connectivity index is 1.49. The van der Waals surface area contributed by atoms with Gasteiger partial charge in [-0.25, -0.2) is 0 Å². The molecule has 6 nitrogen and oxygen atoms in total. The van der Waals surface area contributed by atoms with E-state index in [9.17, 15) is 9.59 Å². The monoisotopic (exact) mass is 386 g/mol. The first kappa shape index (κ1) is 20.2. The molecule has 1 aliphatic heterocycles. The van der Waals surface area contributed by atoms with Gasteiger partial charge in [0.1, 0.15) is 0 Å². The van der Waals surface area contributed by atoms with Crippen LogP contribution in [0.4, 0.5) is 0 Å². The molecule has 0 unspecified atom stereocenters. The van der Waals surface area contributed by atoms with Crippen LogP contribution in [-0.4, -0.2) is 50.1 Å². The van der Waals surface area contributed by atoms with Crippen LogP contribution in [0.15, 0.2) is 30.4 Å². The van der Waals surface area contributed by atoms with E-state index in [1.807, 2.05) is 4.90 Å². The average Bonchev–Trinajstić information content (AvgIpc) is 3.25. The van der Waals surface area contributed by atoms with Crippen LogP contribution in [0.3, 0.4) is 0 Å². The van der Waals surface area contributed by atoms with Gasteiger partial charge in [0.2, 0.25) is 5.91 Å². The molecule has 1 saturated carbocycles. The van der Waals surface area contributed by atoms with Crippen molar-refractivity contribution in [1.82, 2.24) is 10.2 Å². The Morgan fingerprint density at radius 2 is 1.71 bits per heavy atom. The van der Waals surface area contributed by atoms with Crippen LogP contribution in [0.25, 0.3) is 0 Å². The van der Waals surface area contributed by atoms with E-state index in [0.717, 1.165) is 12.8 Å². The summed E-state index contributed by atoms with van der Waals surface area (Å²) in [4.78, 5) is 26.7. The summed E-state index contributed by atoms with van der Waals surface area (Å²) in [7, 11) is 3.13. The molecule has 3 rings (SSSR count). The Labute approximate surface area is 166 Å². The van der Waals surface area contributed by atoms with Gasteiger partial charge in [0.05, 0.1) is 14.2 Å². The third kappa shape index (κ3) is 5.06. The Hall–Kier alpha value is -2.50. The molecule has 1 aliphatic carbocycles. The molecular formula is C22H30N2O4. The number of carbonyl (C=O) groups is 2. The summed E-state index contributed by atoms with van der Waals surface area (Å²) in [5.41, 5.74) is 0.583. The highest BCUT2D eigenvalue weighted by molar-refractivity contribution is 5.95. The van der Waals surface area contributed by atoms with Crippen molar-refractivity contribution >= 4 is 11.8 Å². The molecule has 0 bridgehead atoms. The van der Waals surface area contributed by atoms with Gasteiger partial charge in [-0.1, -0.05) is 18.9 Å². The van der Waals surface area contributed by atoms with Gasteiger partial charge in [0.15, 0.2) is 11.5 Å². The van der Waals surface area contributed by atoms with E-state index in [2.05, 4.69) is 11.4 Å². The van der Waals surface area contributed by atoms with Crippen LogP contribution >= 0.6 is 0 Å². The summed E-state index contributed by atoms with van der Waals surface area (Å²) >= 11 is 0. The molecule has 2 amide bonds. The molecule has 28 heavy (non-hydrogen) atoms. The van der Waals surface area contributed by atoms with Crippen LogP contribution in [-0.2, 0) is 4.79 Å². The number of carbonyl (C=O) groups excluding carboxylic acids is 2. The number of hydrogen-bond acceptors (Lipinski definition) is 4. The maximum Gasteiger partial charge on any atom is 0.253 e. The maximum absolute atomic E-state index is 12.8. The second-order valence-electron chi connectivity index (χ2n) is 7.55. The third-order valence-corrected chi connectivity index (χ3v) is 5.68. The molecule has 1 aromatic rings. The van der Waals surface area contributed by atoms with E-state index >= 15 is 0 Å². The number of piperidine rings is 1. The van der Waals surface area contributed by atoms with Crippen LogP contribution < -0.4 is 14.8 Å². The molecule has 1 N–H and O–H groups in total. The average molecular weight is 386 g/mol. The number of hydrogen-bond donors (Lipinski definition) is 1. The smallest absolute Gasteiger partial charge is 0.253 e. The first-order chi connectivity index (χ1) is 13.6. The molecule has 6 heteroatoms. The van der Waals surface area contributed by atoms with Crippen molar-refractivity contribution in [1.29, 1.82) is 0 Å². The quantitative estimate of drug-likeness (QED) is 0.763. The van der Waals surface area contributed by atoms with E-state index in [4.69, 9.17) is 9.47 Å². The predicted octanol–water partition coefficient (Wildman–Crippen LogP) is 3.17. The lowest BCUT2D eigenvalue weighted by atomic mass is 10.0. The minimum Gasteiger partial charge on any atom is -0.493 e. The van der Waals surface area contributed by atoms with Crippen molar-refractivity contribution in [3.63, 3.8) is 0 Å². The first-order valence-corrected chi connectivity index (χ1v) is 10.1. The van der Waals surface area contributed by atoms with Gasteiger partial charge in [-0.2, -0.15) is 0 Å². The maximum atomic E-state index is 12.8. The molecule has 0 spiro atoms. The van der Waals surface area contributed by atoms with Crippen LogP contribution in [0.2, 0.25) is 0 Å². The molecule has 152 valence electrons. The molecule has 0 aromatic heterocycles. The highest BCUT2D eigenvalue weighted by Gasteiger charge is 2.25. The lowest BCUT2D eigenvalue weighted by Crippen LogP contribution is -2.46. The molecule has 0 radical (unpaired) electrons. The fourth-order valence-corrected chi connectivity index (χ4v) is 4.00. The van der Waals surface area contributed by atoms with Gasteiger partial charge in [0.25, 0.3) is 5.91 Å². The van der Waals surface area contributed by atoms with E-state index in [-0.39, 0.29) is 17.9 Å².